The van der Waals surface area contributed by atoms with Gasteiger partial charge in [-0.3, -0.25) is 4.79 Å². The third-order valence-electron chi connectivity index (χ3n) is 4.26. The third kappa shape index (κ3) is 3.88. The van der Waals surface area contributed by atoms with Crippen LogP contribution >= 0.6 is 15.9 Å². The number of halogens is 1. The second-order valence-corrected chi connectivity index (χ2v) is 7.02. The molecule has 0 aliphatic heterocycles. The average molecular weight is 418 g/mol. The summed E-state index contributed by atoms with van der Waals surface area (Å²) in [5, 5.41) is 3.74. The van der Waals surface area contributed by atoms with Crippen molar-refractivity contribution in [3.05, 3.63) is 94.6 Å². The lowest BCUT2D eigenvalue weighted by Crippen LogP contribution is -2.23. The van der Waals surface area contributed by atoms with E-state index in [1.165, 1.54) is 0 Å². The molecule has 0 saturated heterocycles. The highest BCUT2D eigenvalue weighted by Gasteiger charge is 2.14. The first-order valence-corrected chi connectivity index (χ1v) is 9.34. The van der Waals surface area contributed by atoms with Crippen molar-refractivity contribution < 1.29 is 4.79 Å². The van der Waals surface area contributed by atoms with Crippen LogP contribution in [0.1, 0.15) is 15.9 Å². The van der Waals surface area contributed by atoms with Crippen LogP contribution in [0, 0.1) is 0 Å². The summed E-state index contributed by atoms with van der Waals surface area (Å²) in [6.45, 7) is 0.455. The highest BCUT2D eigenvalue weighted by Crippen LogP contribution is 2.23. The van der Waals surface area contributed by atoms with Gasteiger partial charge in [0.2, 0.25) is 0 Å². The van der Waals surface area contributed by atoms with Crippen molar-refractivity contribution in [3.63, 3.8) is 0 Å². The van der Waals surface area contributed by atoms with Crippen molar-refractivity contribution in [1.29, 1.82) is 0 Å². The van der Waals surface area contributed by atoms with Gasteiger partial charge in [0.05, 0.1) is 11.3 Å². The zero-order valence-corrected chi connectivity index (χ0v) is 16.0. The predicted octanol–water partition coefficient (Wildman–Crippen LogP) is 4.99. The van der Waals surface area contributed by atoms with Gasteiger partial charge in [0, 0.05) is 28.2 Å². The predicted molar refractivity (Wildman–Crippen MR) is 110 cm³/mol. The third-order valence-corrected chi connectivity index (χ3v) is 4.79. The van der Waals surface area contributed by atoms with Crippen molar-refractivity contribution in [1.82, 2.24) is 15.3 Å². The van der Waals surface area contributed by atoms with E-state index in [4.69, 9.17) is 0 Å². The van der Waals surface area contributed by atoms with E-state index in [9.17, 15) is 4.79 Å². The second kappa shape index (κ2) is 7.68. The smallest absolute Gasteiger partial charge is 0.252 e. The molecule has 4 aromatic rings. The number of nitrogens with zero attached hydrogens (tertiary/aromatic N) is 2. The van der Waals surface area contributed by atoms with Gasteiger partial charge in [-0.2, -0.15) is 0 Å². The molecule has 0 radical (unpaired) electrons. The number of benzene rings is 2. The lowest BCUT2D eigenvalue weighted by Gasteiger charge is -2.10. The molecule has 0 saturated carbocycles. The molecule has 132 valence electrons. The fraction of sp³-hybridized carbons (Fsp3) is 0.0455. The zero-order chi connectivity index (χ0) is 18.6. The molecule has 0 atom stereocenters. The molecule has 0 unspecified atom stereocenters. The number of hydrogen-bond donors (Lipinski definition) is 1. The summed E-state index contributed by atoms with van der Waals surface area (Å²) in [5.41, 5.74) is 3.85. The van der Waals surface area contributed by atoms with Gasteiger partial charge in [-0.15, -0.1) is 0 Å². The van der Waals surface area contributed by atoms with Crippen molar-refractivity contribution in [2.24, 2.45) is 0 Å². The van der Waals surface area contributed by atoms with E-state index in [2.05, 4.69) is 31.2 Å². The number of carbonyl (C=O) groups is 1. The lowest BCUT2D eigenvalue weighted by molar-refractivity contribution is 0.0952. The molecule has 1 N–H and O–H groups in total. The van der Waals surface area contributed by atoms with E-state index >= 15 is 0 Å². The van der Waals surface area contributed by atoms with Crippen LogP contribution < -0.4 is 5.32 Å². The Balaban J connectivity index is 1.69. The van der Waals surface area contributed by atoms with Crippen LogP contribution in [-0.4, -0.2) is 15.9 Å². The van der Waals surface area contributed by atoms with Crippen molar-refractivity contribution >= 4 is 32.9 Å². The zero-order valence-electron chi connectivity index (χ0n) is 14.4. The van der Waals surface area contributed by atoms with E-state index < -0.39 is 0 Å². The summed E-state index contributed by atoms with van der Waals surface area (Å²) in [4.78, 5) is 21.9. The SMILES string of the molecule is O=C(NCc1ccc(Br)cc1)c1cc(-c2ccccc2)nc2ncccc12. The highest BCUT2D eigenvalue weighted by molar-refractivity contribution is 9.10. The van der Waals surface area contributed by atoms with E-state index in [1.807, 2.05) is 72.8 Å². The standard InChI is InChI=1S/C22H16BrN3O/c23-17-10-8-15(9-11-17)14-25-22(27)19-13-20(16-5-2-1-3-6-16)26-21-18(19)7-4-12-24-21/h1-13H,14H2,(H,25,27). The van der Waals surface area contributed by atoms with Crippen LogP contribution in [0.5, 0.6) is 0 Å². The largest absolute Gasteiger partial charge is 0.348 e. The molecule has 0 aliphatic rings. The molecular formula is C22H16BrN3O. The minimum absolute atomic E-state index is 0.143. The van der Waals surface area contributed by atoms with Gasteiger partial charge in [0.25, 0.3) is 5.91 Å². The Morgan fingerprint density at radius 1 is 0.963 bits per heavy atom. The van der Waals surface area contributed by atoms with E-state index in [0.29, 0.717) is 17.8 Å². The quantitative estimate of drug-likeness (QED) is 0.508. The Morgan fingerprint density at radius 2 is 1.74 bits per heavy atom. The number of nitrogens with one attached hydrogen (secondary N) is 1. The number of amides is 1. The molecule has 27 heavy (non-hydrogen) atoms. The maximum Gasteiger partial charge on any atom is 0.252 e. The highest BCUT2D eigenvalue weighted by atomic mass is 79.9. The molecule has 2 aromatic heterocycles. The van der Waals surface area contributed by atoms with Gasteiger partial charge >= 0.3 is 0 Å². The molecule has 1 amide bonds. The van der Waals surface area contributed by atoms with Crippen LogP contribution in [0.4, 0.5) is 0 Å². The van der Waals surface area contributed by atoms with Crippen molar-refractivity contribution in [2.75, 3.05) is 0 Å². The normalized spacial score (nSPS) is 10.7. The Morgan fingerprint density at radius 3 is 2.52 bits per heavy atom. The molecule has 5 heteroatoms. The molecular weight excluding hydrogens is 402 g/mol. The van der Waals surface area contributed by atoms with Crippen LogP contribution in [0.25, 0.3) is 22.3 Å². The van der Waals surface area contributed by atoms with Crippen LogP contribution in [0.3, 0.4) is 0 Å². The second-order valence-electron chi connectivity index (χ2n) is 6.10. The van der Waals surface area contributed by atoms with E-state index in [-0.39, 0.29) is 5.91 Å². The maximum absolute atomic E-state index is 12.9. The van der Waals surface area contributed by atoms with Crippen LogP contribution in [0.2, 0.25) is 0 Å². The number of aromatic nitrogens is 2. The number of hydrogen-bond acceptors (Lipinski definition) is 3. The van der Waals surface area contributed by atoms with E-state index in [0.717, 1.165) is 26.7 Å². The topological polar surface area (TPSA) is 54.9 Å². The first-order valence-electron chi connectivity index (χ1n) is 8.54. The summed E-state index contributed by atoms with van der Waals surface area (Å²) >= 11 is 3.42. The summed E-state index contributed by atoms with van der Waals surface area (Å²) in [7, 11) is 0. The molecule has 2 aromatic carbocycles. The molecule has 2 heterocycles. The van der Waals surface area contributed by atoms with Crippen molar-refractivity contribution in [3.8, 4) is 11.3 Å². The Kier molecular flexibility index (Phi) is 4.94. The first-order chi connectivity index (χ1) is 13.2. The summed E-state index contributed by atoms with van der Waals surface area (Å²) in [6.07, 6.45) is 1.69. The Labute approximate surface area is 165 Å². The first kappa shape index (κ1) is 17.4. The number of pyridine rings is 2. The van der Waals surface area contributed by atoms with Gasteiger partial charge < -0.3 is 5.32 Å². The monoisotopic (exact) mass is 417 g/mol. The summed E-state index contributed by atoms with van der Waals surface area (Å²) in [5.74, 6) is -0.143. The Bertz CT molecular complexity index is 1100. The van der Waals surface area contributed by atoms with Crippen molar-refractivity contribution in [2.45, 2.75) is 6.54 Å². The van der Waals surface area contributed by atoms with Gasteiger partial charge in [-0.1, -0.05) is 58.4 Å². The maximum atomic E-state index is 12.9. The minimum Gasteiger partial charge on any atom is -0.348 e. The molecule has 0 aliphatic carbocycles. The molecule has 0 fully saturated rings. The Hall–Kier alpha value is -3.05. The lowest BCUT2D eigenvalue weighted by atomic mass is 10.1. The number of fused-ring (bicyclic) bond motifs is 1. The molecule has 4 nitrogen and oxygen atoms in total. The van der Waals surface area contributed by atoms with E-state index in [1.54, 1.807) is 6.20 Å². The fourth-order valence-corrected chi connectivity index (χ4v) is 3.15. The van der Waals surface area contributed by atoms with Gasteiger partial charge in [0.1, 0.15) is 0 Å². The average Bonchev–Trinajstić information content (AvgIpc) is 2.73. The van der Waals surface area contributed by atoms with Crippen LogP contribution in [0.15, 0.2) is 83.5 Å². The molecule has 4 rings (SSSR count). The van der Waals surface area contributed by atoms with Gasteiger partial charge in [-0.05, 0) is 35.9 Å². The minimum atomic E-state index is -0.143. The number of carbonyl (C=O) groups excluding carboxylic acids is 1. The summed E-state index contributed by atoms with van der Waals surface area (Å²) < 4.78 is 1.01. The number of rotatable bonds is 4. The molecule has 0 spiro atoms. The van der Waals surface area contributed by atoms with Gasteiger partial charge in [0.15, 0.2) is 5.65 Å². The summed E-state index contributed by atoms with van der Waals surface area (Å²) in [6, 6.07) is 23.2. The fourth-order valence-electron chi connectivity index (χ4n) is 2.88. The van der Waals surface area contributed by atoms with Crippen LogP contribution in [-0.2, 0) is 6.54 Å². The van der Waals surface area contributed by atoms with Gasteiger partial charge in [-0.25, -0.2) is 9.97 Å². The molecule has 0 bridgehead atoms.